The first-order valence-corrected chi connectivity index (χ1v) is 8.08. The van der Waals surface area contributed by atoms with Gasteiger partial charge in [-0.25, -0.2) is 0 Å². The zero-order chi connectivity index (χ0) is 14.7. The van der Waals surface area contributed by atoms with E-state index in [2.05, 4.69) is 48.6 Å². The summed E-state index contributed by atoms with van der Waals surface area (Å²) in [6.07, 6.45) is 3.63. The van der Waals surface area contributed by atoms with Gasteiger partial charge in [-0.05, 0) is 43.0 Å². The molecule has 7 heteroatoms. The van der Waals surface area contributed by atoms with Crippen molar-refractivity contribution in [3.8, 4) is 5.75 Å². The van der Waals surface area contributed by atoms with Crippen molar-refractivity contribution in [1.82, 2.24) is 4.98 Å². The summed E-state index contributed by atoms with van der Waals surface area (Å²) in [4.78, 5) is 12.5. The first kappa shape index (κ1) is 15.4. The van der Waals surface area contributed by atoms with E-state index in [1.54, 1.807) is 0 Å². The molecule has 0 atom stereocenters. The van der Waals surface area contributed by atoms with E-state index in [1.807, 2.05) is 6.07 Å². The number of aromatic nitrogens is 1. The van der Waals surface area contributed by atoms with Gasteiger partial charge in [-0.15, -0.1) is 0 Å². The number of rotatable bonds is 2. The Kier molecular flexibility index (Phi) is 5.15. The number of hydrogen-bond donors (Lipinski definition) is 2. The second-order valence-corrected chi connectivity index (χ2v) is 7.43. The summed E-state index contributed by atoms with van der Waals surface area (Å²) in [6, 6.07) is 6.19. The van der Waals surface area contributed by atoms with E-state index < -0.39 is 5.97 Å². The number of H-pyrrole nitrogens is 1. The van der Waals surface area contributed by atoms with Crippen molar-refractivity contribution in [2.75, 3.05) is 0 Å². The van der Waals surface area contributed by atoms with Crippen molar-refractivity contribution in [3.63, 3.8) is 0 Å². The van der Waals surface area contributed by atoms with Crippen LogP contribution >= 0.6 is 31.5 Å². The summed E-state index contributed by atoms with van der Waals surface area (Å²) in [5.74, 6) is 0.0555. The van der Waals surface area contributed by atoms with Gasteiger partial charge in [0.25, 0.3) is 5.97 Å². The lowest BCUT2D eigenvalue weighted by Crippen LogP contribution is -2.03. The molecule has 4 nitrogen and oxygen atoms in total. The van der Waals surface area contributed by atoms with Crippen LogP contribution in [0.2, 0.25) is 0 Å². The molecule has 0 unspecified atom stereocenters. The van der Waals surface area contributed by atoms with Gasteiger partial charge in [0.2, 0.25) is 0 Å². The number of fused-ring (bicyclic) bond motifs is 3. The van der Waals surface area contributed by atoms with Crippen molar-refractivity contribution in [3.05, 3.63) is 29.5 Å². The van der Waals surface area contributed by atoms with E-state index in [4.69, 9.17) is 14.6 Å². The van der Waals surface area contributed by atoms with Crippen molar-refractivity contribution in [2.45, 2.75) is 26.2 Å². The molecule has 106 valence electrons. The highest BCUT2D eigenvalue weighted by Crippen LogP contribution is 2.32. The summed E-state index contributed by atoms with van der Waals surface area (Å²) in [6.45, 7) is 1.08. The molecule has 0 aliphatic heterocycles. The molecule has 2 aromatic rings. The van der Waals surface area contributed by atoms with Crippen LogP contribution < -0.4 is 4.65 Å². The maximum absolute atomic E-state index is 9.00. The van der Waals surface area contributed by atoms with E-state index in [0.29, 0.717) is 0 Å². The maximum atomic E-state index is 9.00. The Morgan fingerprint density at radius 3 is 2.75 bits per heavy atom. The Morgan fingerprint density at radius 2 is 2.10 bits per heavy atom. The molecule has 1 aromatic carbocycles. The molecule has 0 saturated heterocycles. The Balaban J connectivity index is 0.000000328. The number of nitrogens with one attached hydrogen (secondary N) is 1. The van der Waals surface area contributed by atoms with Gasteiger partial charge in [0.05, 0.1) is 0 Å². The van der Waals surface area contributed by atoms with E-state index in [-0.39, 0.29) is 4.56 Å². The molecule has 1 heterocycles. The molecule has 0 bridgehead atoms. The molecule has 3 rings (SSSR count). The summed E-state index contributed by atoms with van der Waals surface area (Å²) in [7, 11) is 0. The van der Waals surface area contributed by atoms with Crippen LogP contribution in [0.4, 0.5) is 0 Å². The first-order valence-electron chi connectivity index (χ1n) is 6.25. The molecule has 0 saturated carbocycles. The quantitative estimate of drug-likeness (QED) is 0.749. The molecule has 1 aromatic heterocycles. The van der Waals surface area contributed by atoms with Crippen molar-refractivity contribution < 1.29 is 14.6 Å². The second-order valence-electron chi connectivity index (χ2n) is 4.54. The summed E-state index contributed by atoms with van der Waals surface area (Å²) >= 11 is 6.63. The highest BCUT2D eigenvalue weighted by Gasteiger charge is 2.17. The van der Waals surface area contributed by atoms with E-state index >= 15 is 0 Å². The minimum atomic E-state index is -0.833. The van der Waals surface area contributed by atoms with Crippen molar-refractivity contribution in [2.24, 2.45) is 0 Å². The minimum absolute atomic E-state index is 0.135. The molecule has 20 heavy (non-hydrogen) atoms. The number of carboxylic acids is 1. The number of aryl methyl sites for hydroxylation is 2. The van der Waals surface area contributed by atoms with Crippen LogP contribution in [0.1, 0.15) is 24.6 Å². The number of aromatic amines is 1. The number of benzene rings is 1. The third-order valence-corrected chi connectivity index (χ3v) is 3.42. The third kappa shape index (κ3) is 3.79. The predicted octanol–water partition coefficient (Wildman–Crippen LogP) is 3.90. The second kappa shape index (κ2) is 6.67. The molecule has 0 spiro atoms. The predicted molar refractivity (Wildman–Crippen MR) is 87.9 cm³/mol. The Labute approximate surface area is 133 Å². The highest BCUT2D eigenvalue weighted by molar-refractivity contribution is 9.48. The van der Waals surface area contributed by atoms with Gasteiger partial charge in [-0.3, -0.25) is 4.79 Å². The van der Waals surface area contributed by atoms with Crippen LogP contribution in [-0.2, 0) is 17.6 Å². The lowest BCUT2D eigenvalue weighted by molar-refractivity contribution is -0.134. The molecular formula is C13H14BBr2NO3. The largest absolute Gasteiger partial charge is 0.541 e. The lowest BCUT2D eigenvalue weighted by atomic mass is 10.1. The zero-order valence-electron chi connectivity index (χ0n) is 11.0. The van der Waals surface area contributed by atoms with Gasteiger partial charge in [0.15, 0.2) is 0 Å². The lowest BCUT2D eigenvalue weighted by Gasteiger charge is -2.05. The standard InChI is InChI=1S/C11H10BBr2NO.C2H4O2/c13-12(14)16-7-4-5-11-9(6-7)8-2-1-3-10(8)15-11;1-2(3)4/h4-6,15H,1-3H2;1H3,(H,3,4). The van der Waals surface area contributed by atoms with E-state index in [1.165, 1.54) is 41.4 Å². The minimum Gasteiger partial charge on any atom is -0.541 e. The van der Waals surface area contributed by atoms with Crippen LogP contribution in [0.25, 0.3) is 10.9 Å². The monoisotopic (exact) mass is 401 g/mol. The highest BCUT2D eigenvalue weighted by atomic mass is 79.9. The molecule has 0 radical (unpaired) electrons. The molecule has 0 amide bonds. The Morgan fingerprint density at radius 1 is 1.40 bits per heavy atom. The van der Waals surface area contributed by atoms with Gasteiger partial charge in [-0.1, -0.05) is 31.5 Å². The number of aliphatic carboxylic acids is 1. The van der Waals surface area contributed by atoms with Crippen molar-refractivity contribution >= 4 is 52.9 Å². The zero-order valence-corrected chi connectivity index (χ0v) is 14.1. The summed E-state index contributed by atoms with van der Waals surface area (Å²) in [5, 5.41) is 8.73. The van der Waals surface area contributed by atoms with Gasteiger partial charge in [0.1, 0.15) is 5.75 Å². The molecule has 1 aliphatic carbocycles. The fourth-order valence-corrected chi connectivity index (χ4v) is 2.83. The maximum Gasteiger partial charge on any atom is 0.514 e. The molecule has 0 fully saturated rings. The average Bonchev–Trinajstić information content (AvgIpc) is 2.88. The van der Waals surface area contributed by atoms with E-state index in [0.717, 1.165) is 12.7 Å². The van der Waals surface area contributed by atoms with E-state index in [9.17, 15) is 0 Å². The van der Waals surface area contributed by atoms with Gasteiger partial charge in [0, 0.05) is 23.5 Å². The summed E-state index contributed by atoms with van der Waals surface area (Å²) < 4.78 is 5.44. The SMILES string of the molecule is BrB(Br)Oc1ccc2[nH]c3c(c2c1)CCC3.CC(=O)O. The fourth-order valence-electron chi connectivity index (χ4n) is 2.40. The van der Waals surface area contributed by atoms with Crippen LogP contribution in [-0.4, -0.2) is 20.6 Å². The normalized spacial score (nSPS) is 12.6. The van der Waals surface area contributed by atoms with Gasteiger partial charge in [-0.2, -0.15) is 0 Å². The topological polar surface area (TPSA) is 62.3 Å². The van der Waals surface area contributed by atoms with Crippen LogP contribution in [0.3, 0.4) is 0 Å². The number of carbonyl (C=O) groups is 1. The van der Waals surface area contributed by atoms with Crippen LogP contribution in [0, 0.1) is 0 Å². The molecule has 1 aliphatic rings. The fraction of sp³-hybridized carbons (Fsp3) is 0.308. The Hall–Kier alpha value is -0.945. The first-order chi connectivity index (χ1) is 9.47. The molecular weight excluding hydrogens is 389 g/mol. The smallest absolute Gasteiger partial charge is 0.514 e. The third-order valence-electron chi connectivity index (χ3n) is 3.04. The van der Waals surface area contributed by atoms with Crippen LogP contribution in [0.15, 0.2) is 18.2 Å². The average molecular weight is 403 g/mol. The van der Waals surface area contributed by atoms with Gasteiger partial charge < -0.3 is 14.7 Å². The molecule has 2 N–H and O–H groups in total. The number of carboxylic acid groups (broad SMARTS) is 1. The Bertz CT molecular complexity index is 623. The van der Waals surface area contributed by atoms with Gasteiger partial charge >= 0.3 is 4.56 Å². The van der Waals surface area contributed by atoms with Crippen LogP contribution in [0.5, 0.6) is 5.75 Å². The van der Waals surface area contributed by atoms with Crippen molar-refractivity contribution in [1.29, 1.82) is 0 Å². The number of halogens is 2. The summed E-state index contributed by atoms with van der Waals surface area (Å²) in [5.41, 5.74) is 4.10. The number of hydrogen-bond acceptors (Lipinski definition) is 2.